The molecule has 0 spiro atoms. The van der Waals surface area contributed by atoms with E-state index in [0.29, 0.717) is 11.3 Å². The number of hydrogen-bond acceptors (Lipinski definition) is 6. The van der Waals surface area contributed by atoms with Crippen LogP contribution in [0.25, 0.3) is 0 Å². The molecule has 2 saturated heterocycles. The third-order valence-electron chi connectivity index (χ3n) is 5.38. The monoisotopic (exact) mass is 395 g/mol. The van der Waals surface area contributed by atoms with E-state index in [9.17, 15) is 17.6 Å². The van der Waals surface area contributed by atoms with E-state index in [4.69, 9.17) is 4.84 Å². The largest absolute Gasteiger partial charge is 0.382 e. The van der Waals surface area contributed by atoms with Gasteiger partial charge in [-0.05, 0) is 38.1 Å². The number of hydrogen-bond donors (Lipinski definition) is 1. The second-order valence-corrected chi connectivity index (χ2v) is 9.50. The van der Waals surface area contributed by atoms with E-state index in [0.717, 1.165) is 25.9 Å². The summed E-state index contributed by atoms with van der Waals surface area (Å²) in [6.07, 6.45) is 1.50. The Morgan fingerprint density at radius 3 is 2.78 bits per heavy atom. The summed E-state index contributed by atoms with van der Waals surface area (Å²) in [5.74, 6) is -0.733. The molecule has 27 heavy (non-hydrogen) atoms. The van der Waals surface area contributed by atoms with E-state index in [1.54, 1.807) is 12.1 Å². The molecule has 7 nitrogen and oxygen atoms in total. The predicted molar refractivity (Wildman–Crippen MR) is 97.6 cm³/mol. The van der Waals surface area contributed by atoms with Gasteiger partial charge in [-0.2, -0.15) is 0 Å². The van der Waals surface area contributed by atoms with E-state index in [1.807, 2.05) is 0 Å². The minimum Gasteiger partial charge on any atom is -0.382 e. The van der Waals surface area contributed by atoms with Crippen molar-refractivity contribution in [1.29, 1.82) is 0 Å². The summed E-state index contributed by atoms with van der Waals surface area (Å²) < 4.78 is 37.6. The maximum atomic E-state index is 13.4. The molecule has 1 aromatic carbocycles. The van der Waals surface area contributed by atoms with Crippen LogP contribution in [0.3, 0.4) is 0 Å². The topological polar surface area (TPSA) is 88.1 Å². The van der Waals surface area contributed by atoms with Gasteiger partial charge in [-0.1, -0.05) is 17.3 Å². The molecule has 0 radical (unpaired) electrons. The number of amides is 1. The molecular weight excluding hydrogens is 373 g/mol. The van der Waals surface area contributed by atoms with Crippen molar-refractivity contribution in [2.45, 2.75) is 37.5 Å². The summed E-state index contributed by atoms with van der Waals surface area (Å²) in [5.41, 5.74) is 1.08. The molecule has 1 amide bonds. The van der Waals surface area contributed by atoms with Gasteiger partial charge in [0.15, 0.2) is 9.84 Å². The smallest absolute Gasteiger partial charge is 0.264 e. The van der Waals surface area contributed by atoms with E-state index in [2.05, 4.69) is 15.4 Å². The van der Waals surface area contributed by atoms with E-state index in [1.165, 1.54) is 12.1 Å². The Balaban J connectivity index is 1.40. The number of sulfone groups is 1. The molecule has 146 valence electrons. The maximum absolute atomic E-state index is 13.4. The van der Waals surface area contributed by atoms with Crippen molar-refractivity contribution in [3.63, 3.8) is 0 Å². The molecule has 2 fully saturated rings. The second-order valence-electron chi connectivity index (χ2n) is 7.35. The summed E-state index contributed by atoms with van der Waals surface area (Å²) in [6.45, 7) is 1.72. The number of benzene rings is 1. The van der Waals surface area contributed by atoms with E-state index >= 15 is 0 Å². The first kappa shape index (κ1) is 18.4. The highest BCUT2D eigenvalue weighted by Crippen LogP contribution is 2.24. The van der Waals surface area contributed by atoms with E-state index < -0.39 is 22.0 Å². The van der Waals surface area contributed by atoms with Crippen molar-refractivity contribution >= 4 is 21.5 Å². The first-order chi connectivity index (χ1) is 12.9. The average molecular weight is 395 g/mol. The molecule has 0 saturated carbocycles. The van der Waals surface area contributed by atoms with Crippen LogP contribution in [0.2, 0.25) is 0 Å². The van der Waals surface area contributed by atoms with Crippen LogP contribution in [-0.4, -0.2) is 67.7 Å². The summed E-state index contributed by atoms with van der Waals surface area (Å²) in [7, 11) is -3.18. The normalized spacial score (nSPS) is 30.1. The fourth-order valence-electron chi connectivity index (χ4n) is 4.03. The van der Waals surface area contributed by atoms with Crippen molar-refractivity contribution in [2.75, 3.05) is 24.6 Å². The molecule has 1 aromatic rings. The van der Waals surface area contributed by atoms with Gasteiger partial charge in [-0.15, -0.1) is 0 Å². The van der Waals surface area contributed by atoms with Crippen LogP contribution >= 0.6 is 0 Å². The van der Waals surface area contributed by atoms with Gasteiger partial charge in [0, 0.05) is 18.0 Å². The Morgan fingerprint density at radius 1 is 1.26 bits per heavy atom. The minimum atomic E-state index is -3.18. The van der Waals surface area contributed by atoms with Crippen LogP contribution in [0.4, 0.5) is 4.39 Å². The van der Waals surface area contributed by atoms with Crippen LogP contribution < -0.4 is 5.32 Å². The second kappa shape index (κ2) is 7.20. The summed E-state index contributed by atoms with van der Waals surface area (Å²) in [6, 6.07) is 5.33. The minimum absolute atomic E-state index is 0.0514. The summed E-state index contributed by atoms with van der Waals surface area (Å²) in [4.78, 5) is 20.0. The zero-order valence-corrected chi connectivity index (χ0v) is 15.6. The number of carbonyl (C=O) groups is 1. The lowest BCUT2D eigenvalue weighted by molar-refractivity contribution is -0.132. The highest BCUT2D eigenvalue weighted by Gasteiger charge is 2.43. The molecule has 4 rings (SSSR count). The van der Waals surface area contributed by atoms with Gasteiger partial charge < -0.3 is 10.2 Å². The van der Waals surface area contributed by atoms with Gasteiger partial charge in [0.25, 0.3) is 5.91 Å². The number of nitrogens with zero attached hydrogens (tertiary/aromatic N) is 2. The lowest BCUT2D eigenvalue weighted by Gasteiger charge is -2.28. The van der Waals surface area contributed by atoms with Crippen molar-refractivity contribution in [3.8, 4) is 0 Å². The molecule has 0 aliphatic carbocycles. The molecule has 0 unspecified atom stereocenters. The molecule has 9 heteroatoms. The maximum Gasteiger partial charge on any atom is 0.264 e. The standard InChI is InChI=1S/C18H22FN3O4S/c19-13-5-3-4-12(8-13)14-9-17(26-21-14)18(23)20-15-10-27(24,25)11-16(15)22-6-1-2-7-22/h3-5,8,15-17H,1-2,6-7,9-11H2,(H,20,23)/t15-,16-,17+/m1/s1. The van der Waals surface area contributed by atoms with Crippen molar-refractivity contribution < 1.29 is 22.4 Å². The zero-order valence-electron chi connectivity index (χ0n) is 14.8. The van der Waals surface area contributed by atoms with Crippen LogP contribution in [-0.2, 0) is 19.5 Å². The molecule has 0 bridgehead atoms. The predicted octanol–water partition coefficient (Wildman–Crippen LogP) is 0.696. The Bertz CT molecular complexity index is 867. The van der Waals surface area contributed by atoms with Gasteiger partial charge in [0.1, 0.15) is 5.82 Å². The highest BCUT2D eigenvalue weighted by molar-refractivity contribution is 7.91. The van der Waals surface area contributed by atoms with Crippen molar-refractivity contribution in [1.82, 2.24) is 10.2 Å². The Labute approximate surface area is 157 Å². The molecule has 1 N–H and O–H groups in total. The Hall–Kier alpha value is -2.00. The van der Waals surface area contributed by atoms with Gasteiger partial charge in [0.05, 0.1) is 23.3 Å². The zero-order chi connectivity index (χ0) is 19.0. The molecule has 3 heterocycles. The fraction of sp³-hybridized carbons (Fsp3) is 0.556. The first-order valence-corrected chi connectivity index (χ1v) is 11.0. The van der Waals surface area contributed by atoms with Crippen LogP contribution in [0, 0.1) is 5.82 Å². The van der Waals surface area contributed by atoms with Gasteiger partial charge in [-0.3, -0.25) is 9.69 Å². The number of halogens is 1. The summed E-state index contributed by atoms with van der Waals surface area (Å²) in [5, 5.41) is 6.76. The van der Waals surface area contributed by atoms with Crippen molar-refractivity contribution in [2.24, 2.45) is 5.16 Å². The third-order valence-corrected chi connectivity index (χ3v) is 7.10. The van der Waals surface area contributed by atoms with Gasteiger partial charge >= 0.3 is 0 Å². The van der Waals surface area contributed by atoms with Gasteiger partial charge in [0.2, 0.25) is 6.10 Å². The number of oxime groups is 1. The van der Waals surface area contributed by atoms with Gasteiger partial charge in [-0.25, -0.2) is 12.8 Å². The van der Waals surface area contributed by atoms with Crippen LogP contribution in [0.5, 0.6) is 0 Å². The van der Waals surface area contributed by atoms with E-state index in [-0.39, 0.29) is 35.7 Å². The number of rotatable bonds is 4. The summed E-state index contributed by atoms with van der Waals surface area (Å²) >= 11 is 0. The lowest BCUT2D eigenvalue weighted by atomic mass is 10.0. The Kier molecular flexibility index (Phi) is 4.90. The van der Waals surface area contributed by atoms with Crippen molar-refractivity contribution in [3.05, 3.63) is 35.6 Å². The van der Waals surface area contributed by atoms with Crippen LogP contribution in [0.15, 0.2) is 29.4 Å². The van der Waals surface area contributed by atoms with Crippen LogP contribution in [0.1, 0.15) is 24.8 Å². The third kappa shape index (κ3) is 3.98. The number of likely N-dealkylation sites (tertiary alicyclic amines) is 1. The molecular formula is C18H22FN3O4S. The SMILES string of the molecule is O=C(N[C@@H]1CS(=O)(=O)C[C@H]1N1CCCC1)[C@@H]1CC(c2cccc(F)c2)=NO1. The Morgan fingerprint density at radius 2 is 2.04 bits per heavy atom. The fourth-order valence-corrected chi connectivity index (χ4v) is 5.98. The number of carbonyl (C=O) groups excluding carboxylic acids is 1. The molecule has 3 aliphatic heterocycles. The molecule has 3 aliphatic rings. The average Bonchev–Trinajstić information content (AvgIpc) is 3.34. The lowest BCUT2D eigenvalue weighted by Crippen LogP contribution is -2.52. The highest BCUT2D eigenvalue weighted by atomic mass is 32.2. The first-order valence-electron chi connectivity index (χ1n) is 9.15. The number of nitrogens with one attached hydrogen (secondary N) is 1. The molecule has 3 atom stereocenters. The molecule has 0 aromatic heterocycles. The quantitative estimate of drug-likeness (QED) is 0.811.